The Morgan fingerprint density at radius 3 is 1.46 bits per heavy atom. The van der Waals surface area contributed by atoms with Crippen molar-refractivity contribution in [1.29, 1.82) is 0 Å². The Morgan fingerprint density at radius 1 is 0.315 bits per heavy atom. The van der Waals surface area contributed by atoms with E-state index in [1.54, 1.807) is 0 Å². The molecule has 0 radical (unpaired) electrons. The zero-order valence-electron chi connectivity index (χ0n) is 29.7. The standard InChI is InChI=1S/C52H36N2/c1-4-13-37(14-5-1)40-25-29-45(30-26-40)53(46-31-27-41(28-32-46)38-15-6-2-7-16-38)47-33-34-49-51(36-47)54(44-19-8-3-9-20-44)50-22-12-21-48(52(49)50)43-24-23-39-17-10-11-18-42(39)35-43/h1-36H. The summed E-state index contributed by atoms with van der Waals surface area (Å²) in [5.41, 5.74) is 14.0. The molecule has 0 atom stereocenters. The first-order chi connectivity index (χ1) is 26.8. The molecular weight excluding hydrogens is 653 g/mol. The molecule has 10 aromatic rings. The molecule has 2 nitrogen and oxygen atoms in total. The van der Waals surface area contributed by atoms with Gasteiger partial charge in [-0.1, -0.05) is 158 Å². The molecule has 0 aliphatic rings. The van der Waals surface area contributed by atoms with Gasteiger partial charge in [0.2, 0.25) is 0 Å². The van der Waals surface area contributed by atoms with Gasteiger partial charge < -0.3 is 9.47 Å². The first-order valence-corrected chi connectivity index (χ1v) is 18.5. The van der Waals surface area contributed by atoms with Crippen molar-refractivity contribution in [3.05, 3.63) is 218 Å². The second-order valence-corrected chi connectivity index (χ2v) is 13.8. The van der Waals surface area contributed by atoms with Gasteiger partial charge in [0.25, 0.3) is 0 Å². The zero-order valence-corrected chi connectivity index (χ0v) is 29.7. The zero-order chi connectivity index (χ0) is 35.8. The van der Waals surface area contributed by atoms with E-state index in [1.807, 2.05) is 0 Å². The molecule has 1 aromatic heterocycles. The highest BCUT2D eigenvalue weighted by Crippen LogP contribution is 2.43. The summed E-state index contributed by atoms with van der Waals surface area (Å²) < 4.78 is 2.42. The van der Waals surface area contributed by atoms with Crippen LogP contribution in [-0.4, -0.2) is 4.57 Å². The van der Waals surface area contributed by atoms with E-state index < -0.39 is 0 Å². The van der Waals surface area contributed by atoms with Gasteiger partial charge in [0.1, 0.15) is 0 Å². The monoisotopic (exact) mass is 688 g/mol. The summed E-state index contributed by atoms with van der Waals surface area (Å²) in [6, 6.07) is 78.9. The first kappa shape index (κ1) is 31.6. The van der Waals surface area contributed by atoms with Crippen LogP contribution in [0.5, 0.6) is 0 Å². The van der Waals surface area contributed by atoms with Gasteiger partial charge in [0.15, 0.2) is 0 Å². The van der Waals surface area contributed by atoms with Gasteiger partial charge in [0.05, 0.1) is 11.0 Å². The molecule has 54 heavy (non-hydrogen) atoms. The topological polar surface area (TPSA) is 8.17 Å². The van der Waals surface area contributed by atoms with Crippen molar-refractivity contribution < 1.29 is 0 Å². The van der Waals surface area contributed by atoms with Gasteiger partial charge in [-0.3, -0.25) is 0 Å². The fraction of sp³-hybridized carbons (Fsp3) is 0. The number of rotatable bonds is 7. The lowest BCUT2D eigenvalue weighted by Gasteiger charge is -2.26. The maximum atomic E-state index is 2.42. The molecule has 0 aliphatic carbocycles. The number of aromatic nitrogens is 1. The van der Waals surface area contributed by atoms with E-state index in [9.17, 15) is 0 Å². The molecular formula is C52H36N2. The third-order valence-electron chi connectivity index (χ3n) is 10.6. The lowest BCUT2D eigenvalue weighted by atomic mass is 9.97. The summed E-state index contributed by atoms with van der Waals surface area (Å²) in [6.07, 6.45) is 0. The van der Waals surface area contributed by atoms with Crippen LogP contribution in [0.1, 0.15) is 0 Å². The predicted molar refractivity (Wildman–Crippen MR) is 229 cm³/mol. The largest absolute Gasteiger partial charge is 0.310 e. The molecule has 254 valence electrons. The lowest BCUT2D eigenvalue weighted by Crippen LogP contribution is -2.10. The number of fused-ring (bicyclic) bond motifs is 4. The minimum Gasteiger partial charge on any atom is -0.310 e. The maximum Gasteiger partial charge on any atom is 0.0562 e. The van der Waals surface area contributed by atoms with E-state index in [2.05, 4.69) is 228 Å². The molecule has 0 aliphatic heterocycles. The average molecular weight is 689 g/mol. The molecule has 10 rings (SSSR count). The first-order valence-electron chi connectivity index (χ1n) is 18.5. The van der Waals surface area contributed by atoms with Crippen LogP contribution >= 0.6 is 0 Å². The minimum atomic E-state index is 1.09. The quantitative estimate of drug-likeness (QED) is 0.162. The summed E-state index contributed by atoms with van der Waals surface area (Å²) in [4.78, 5) is 2.38. The molecule has 0 fully saturated rings. The van der Waals surface area contributed by atoms with Crippen molar-refractivity contribution >= 4 is 49.6 Å². The molecule has 2 heteroatoms. The van der Waals surface area contributed by atoms with Crippen LogP contribution in [0, 0.1) is 0 Å². The Bertz CT molecular complexity index is 2810. The molecule has 0 saturated carbocycles. The molecule has 0 N–H and O–H groups in total. The summed E-state index contributed by atoms with van der Waals surface area (Å²) >= 11 is 0. The van der Waals surface area contributed by atoms with E-state index in [0.29, 0.717) is 0 Å². The van der Waals surface area contributed by atoms with Crippen LogP contribution in [0.15, 0.2) is 218 Å². The molecule has 9 aromatic carbocycles. The smallest absolute Gasteiger partial charge is 0.0562 e. The summed E-state index contributed by atoms with van der Waals surface area (Å²) in [5, 5.41) is 4.97. The van der Waals surface area contributed by atoms with E-state index in [-0.39, 0.29) is 0 Å². The van der Waals surface area contributed by atoms with Crippen molar-refractivity contribution in [3.8, 4) is 39.1 Å². The van der Waals surface area contributed by atoms with Crippen molar-refractivity contribution in [1.82, 2.24) is 4.57 Å². The SMILES string of the molecule is c1ccc(-c2ccc(N(c3ccc(-c4ccccc4)cc3)c3ccc4c5c(-c6ccc7ccccc7c6)cccc5n(-c5ccccc5)c4c3)cc2)cc1. The summed E-state index contributed by atoms with van der Waals surface area (Å²) in [6.45, 7) is 0. The maximum absolute atomic E-state index is 2.42. The Balaban J connectivity index is 1.18. The van der Waals surface area contributed by atoms with Gasteiger partial charge in [-0.15, -0.1) is 0 Å². The lowest BCUT2D eigenvalue weighted by molar-refractivity contribution is 1.18. The third kappa shape index (κ3) is 5.62. The number of hydrogen-bond acceptors (Lipinski definition) is 1. The Kier molecular flexibility index (Phi) is 7.85. The number of hydrogen-bond donors (Lipinski definition) is 0. The number of para-hydroxylation sites is 1. The predicted octanol–water partition coefficient (Wildman–Crippen LogP) is 14.4. The molecule has 0 unspecified atom stereocenters. The van der Waals surface area contributed by atoms with Crippen molar-refractivity contribution in [2.75, 3.05) is 4.90 Å². The Labute approximate surface area is 315 Å². The highest BCUT2D eigenvalue weighted by molar-refractivity contribution is 6.17. The van der Waals surface area contributed by atoms with E-state index >= 15 is 0 Å². The van der Waals surface area contributed by atoms with Crippen LogP contribution in [0.2, 0.25) is 0 Å². The summed E-state index contributed by atoms with van der Waals surface area (Å²) in [7, 11) is 0. The van der Waals surface area contributed by atoms with Gasteiger partial charge in [-0.05, 0) is 105 Å². The van der Waals surface area contributed by atoms with Crippen LogP contribution in [0.3, 0.4) is 0 Å². The highest BCUT2D eigenvalue weighted by Gasteiger charge is 2.20. The second kappa shape index (κ2) is 13.4. The Hall–Kier alpha value is -7.16. The third-order valence-corrected chi connectivity index (χ3v) is 10.6. The van der Waals surface area contributed by atoms with Crippen molar-refractivity contribution in [3.63, 3.8) is 0 Å². The number of anilines is 3. The van der Waals surface area contributed by atoms with Crippen LogP contribution < -0.4 is 4.90 Å². The van der Waals surface area contributed by atoms with E-state index in [4.69, 9.17) is 0 Å². The van der Waals surface area contributed by atoms with Crippen molar-refractivity contribution in [2.45, 2.75) is 0 Å². The van der Waals surface area contributed by atoms with Gasteiger partial charge in [-0.2, -0.15) is 0 Å². The van der Waals surface area contributed by atoms with E-state index in [0.717, 1.165) is 28.3 Å². The van der Waals surface area contributed by atoms with Crippen molar-refractivity contribution in [2.24, 2.45) is 0 Å². The molecule has 0 saturated heterocycles. The molecule has 0 bridgehead atoms. The van der Waals surface area contributed by atoms with Gasteiger partial charge in [-0.25, -0.2) is 0 Å². The normalized spacial score (nSPS) is 11.3. The number of benzene rings is 9. The fourth-order valence-corrected chi connectivity index (χ4v) is 7.96. The molecule has 0 amide bonds. The Morgan fingerprint density at radius 2 is 0.833 bits per heavy atom. The van der Waals surface area contributed by atoms with Crippen LogP contribution in [-0.2, 0) is 0 Å². The second-order valence-electron chi connectivity index (χ2n) is 13.8. The van der Waals surface area contributed by atoms with Gasteiger partial charge >= 0.3 is 0 Å². The summed E-state index contributed by atoms with van der Waals surface area (Å²) in [5.74, 6) is 0. The van der Waals surface area contributed by atoms with Crippen LogP contribution in [0.25, 0.3) is 71.6 Å². The van der Waals surface area contributed by atoms with E-state index in [1.165, 1.54) is 60.4 Å². The van der Waals surface area contributed by atoms with Gasteiger partial charge in [0, 0.05) is 33.5 Å². The molecule has 1 heterocycles. The fourth-order valence-electron chi connectivity index (χ4n) is 7.96. The average Bonchev–Trinajstić information content (AvgIpc) is 3.59. The van der Waals surface area contributed by atoms with Crippen LogP contribution in [0.4, 0.5) is 17.1 Å². The minimum absolute atomic E-state index is 1.09. The highest BCUT2D eigenvalue weighted by atomic mass is 15.1. The molecule has 0 spiro atoms. The number of nitrogens with zero attached hydrogens (tertiary/aromatic N) is 2.